The summed E-state index contributed by atoms with van der Waals surface area (Å²) in [6, 6.07) is 10.1. The molecule has 0 aliphatic carbocycles. The van der Waals surface area contributed by atoms with Gasteiger partial charge in [0.15, 0.2) is 0 Å². The van der Waals surface area contributed by atoms with Crippen molar-refractivity contribution >= 4 is 23.4 Å². The molecule has 3 heterocycles. The minimum Gasteiger partial charge on any atom is -0.444 e. The largest absolute Gasteiger partial charge is 0.444 e. The highest BCUT2D eigenvalue weighted by atomic mass is 16.6. The van der Waals surface area contributed by atoms with Gasteiger partial charge < -0.3 is 19.9 Å². The number of nitrogens with zero attached hydrogens (tertiary/aromatic N) is 4. The van der Waals surface area contributed by atoms with Crippen LogP contribution in [0.15, 0.2) is 42.7 Å². The van der Waals surface area contributed by atoms with Gasteiger partial charge in [-0.15, -0.1) is 0 Å². The number of hydrogen-bond acceptors (Lipinski definition) is 6. The van der Waals surface area contributed by atoms with Crippen LogP contribution >= 0.6 is 0 Å². The molecule has 0 spiro atoms. The fourth-order valence-electron chi connectivity index (χ4n) is 4.48. The summed E-state index contributed by atoms with van der Waals surface area (Å²) >= 11 is 0. The van der Waals surface area contributed by atoms with Crippen LogP contribution in [0.2, 0.25) is 0 Å². The highest BCUT2D eigenvalue weighted by molar-refractivity contribution is 5.93. The molecule has 1 atom stereocenters. The molecular formula is C25H33N5O3. The van der Waals surface area contributed by atoms with E-state index in [1.807, 2.05) is 39.0 Å². The second-order valence-electron chi connectivity index (χ2n) is 9.89. The Kier molecular flexibility index (Phi) is 6.81. The van der Waals surface area contributed by atoms with E-state index in [1.54, 1.807) is 17.3 Å². The molecule has 8 heteroatoms. The van der Waals surface area contributed by atoms with E-state index in [4.69, 9.17) is 4.74 Å². The molecule has 1 N–H and O–H groups in total. The molecule has 0 radical (unpaired) electrons. The van der Waals surface area contributed by atoms with Gasteiger partial charge in [0.25, 0.3) is 0 Å². The van der Waals surface area contributed by atoms with Crippen molar-refractivity contribution in [3.8, 4) is 0 Å². The molecule has 2 amide bonds. The van der Waals surface area contributed by atoms with Crippen molar-refractivity contribution in [2.45, 2.75) is 51.6 Å². The Morgan fingerprint density at radius 3 is 2.36 bits per heavy atom. The summed E-state index contributed by atoms with van der Waals surface area (Å²) in [5.41, 5.74) is 2.59. The molecule has 0 saturated carbocycles. The molecular weight excluding hydrogens is 418 g/mol. The molecule has 1 aromatic heterocycles. The van der Waals surface area contributed by atoms with Gasteiger partial charge in [-0.05, 0) is 69.7 Å². The molecule has 33 heavy (non-hydrogen) atoms. The lowest BCUT2D eigenvalue weighted by molar-refractivity contribution is -0.119. The zero-order valence-electron chi connectivity index (χ0n) is 19.7. The summed E-state index contributed by atoms with van der Waals surface area (Å²) in [6.07, 6.45) is 5.81. The van der Waals surface area contributed by atoms with Crippen molar-refractivity contribution in [2.24, 2.45) is 5.92 Å². The monoisotopic (exact) mass is 451 g/mol. The van der Waals surface area contributed by atoms with Crippen LogP contribution in [0.3, 0.4) is 0 Å². The zero-order chi connectivity index (χ0) is 23.4. The van der Waals surface area contributed by atoms with Crippen LogP contribution in [0.1, 0.15) is 51.5 Å². The predicted molar refractivity (Wildman–Crippen MR) is 127 cm³/mol. The third kappa shape index (κ3) is 6.00. The maximum atomic E-state index is 12.8. The smallest absolute Gasteiger partial charge is 0.410 e. The average Bonchev–Trinajstić information content (AvgIpc) is 3.30. The van der Waals surface area contributed by atoms with Crippen LogP contribution < -0.4 is 10.2 Å². The standard InChI is InChI=1S/C25H33N5O3/c1-25(2,3)33-24(32)29-13-9-19(10-14-29)18-4-6-21(7-5-18)28-23(31)20-11-15-30(17-20)22-8-12-26-27-16-22/h4-8,12,16,19-20H,9-11,13-15,17H2,1-3H3,(H,28,31). The number of carbonyl (C=O) groups is 2. The summed E-state index contributed by atoms with van der Waals surface area (Å²) in [4.78, 5) is 29.0. The van der Waals surface area contributed by atoms with Gasteiger partial charge in [-0.3, -0.25) is 4.79 Å². The number of likely N-dealkylation sites (tertiary alicyclic amines) is 1. The van der Waals surface area contributed by atoms with Gasteiger partial charge >= 0.3 is 6.09 Å². The first-order chi connectivity index (χ1) is 15.8. The van der Waals surface area contributed by atoms with Crippen LogP contribution in [0.5, 0.6) is 0 Å². The predicted octanol–water partition coefficient (Wildman–Crippen LogP) is 4.06. The van der Waals surface area contributed by atoms with Crippen molar-refractivity contribution in [2.75, 3.05) is 36.4 Å². The molecule has 8 nitrogen and oxygen atoms in total. The van der Waals surface area contributed by atoms with Crippen molar-refractivity contribution < 1.29 is 14.3 Å². The second-order valence-corrected chi connectivity index (χ2v) is 9.89. The van der Waals surface area contributed by atoms with Crippen LogP contribution in [0, 0.1) is 5.92 Å². The number of nitrogens with one attached hydrogen (secondary N) is 1. The van der Waals surface area contributed by atoms with Crippen molar-refractivity contribution in [1.82, 2.24) is 15.1 Å². The van der Waals surface area contributed by atoms with Gasteiger partial charge in [-0.25, -0.2) is 4.79 Å². The van der Waals surface area contributed by atoms with E-state index in [0.717, 1.165) is 37.2 Å². The fourth-order valence-corrected chi connectivity index (χ4v) is 4.48. The second kappa shape index (κ2) is 9.77. The maximum absolute atomic E-state index is 12.8. The summed E-state index contributed by atoms with van der Waals surface area (Å²) < 4.78 is 5.48. The number of carbonyl (C=O) groups excluding carboxylic acids is 2. The average molecular weight is 452 g/mol. The minimum absolute atomic E-state index is 0.0463. The van der Waals surface area contributed by atoms with E-state index >= 15 is 0 Å². The van der Waals surface area contributed by atoms with Crippen LogP contribution in [0.25, 0.3) is 0 Å². The molecule has 2 saturated heterocycles. The minimum atomic E-state index is -0.471. The topological polar surface area (TPSA) is 87.7 Å². The number of piperidine rings is 1. The van der Waals surface area contributed by atoms with Crippen molar-refractivity contribution in [1.29, 1.82) is 0 Å². The summed E-state index contributed by atoms with van der Waals surface area (Å²) in [7, 11) is 0. The first-order valence-corrected chi connectivity index (χ1v) is 11.7. The Labute approximate surface area is 195 Å². The number of rotatable bonds is 4. The normalized spacial score (nSPS) is 19.4. The molecule has 0 bridgehead atoms. The molecule has 1 unspecified atom stereocenters. The Hall–Kier alpha value is -3.16. The van der Waals surface area contributed by atoms with E-state index in [-0.39, 0.29) is 17.9 Å². The molecule has 2 aromatic rings. The molecule has 176 valence electrons. The summed E-state index contributed by atoms with van der Waals surface area (Å²) in [5, 5.41) is 10.8. The van der Waals surface area contributed by atoms with E-state index in [0.29, 0.717) is 25.6 Å². The van der Waals surface area contributed by atoms with Gasteiger partial charge in [-0.1, -0.05) is 12.1 Å². The number of ether oxygens (including phenoxy) is 1. The quantitative estimate of drug-likeness (QED) is 0.754. The first-order valence-electron chi connectivity index (χ1n) is 11.7. The number of aromatic nitrogens is 2. The van der Waals surface area contributed by atoms with Gasteiger partial charge in [-0.2, -0.15) is 10.2 Å². The van der Waals surface area contributed by atoms with Crippen LogP contribution in [0.4, 0.5) is 16.2 Å². The summed E-state index contributed by atoms with van der Waals surface area (Å²) in [6.45, 7) is 8.58. The summed E-state index contributed by atoms with van der Waals surface area (Å²) in [5.74, 6) is 0.416. The highest BCUT2D eigenvalue weighted by Crippen LogP contribution is 2.30. The highest BCUT2D eigenvalue weighted by Gasteiger charge is 2.29. The maximum Gasteiger partial charge on any atom is 0.410 e. The van der Waals surface area contributed by atoms with Crippen molar-refractivity contribution in [3.05, 3.63) is 48.3 Å². The Morgan fingerprint density at radius 2 is 1.73 bits per heavy atom. The lowest BCUT2D eigenvalue weighted by Gasteiger charge is -2.33. The fraction of sp³-hybridized carbons (Fsp3) is 0.520. The molecule has 2 aliphatic rings. The zero-order valence-corrected chi connectivity index (χ0v) is 19.7. The number of benzene rings is 1. The third-order valence-electron chi connectivity index (χ3n) is 6.29. The van der Waals surface area contributed by atoms with Gasteiger partial charge in [0.1, 0.15) is 5.60 Å². The van der Waals surface area contributed by atoms with Crippen LogP contribution in [-0.4, -0.2) is 58.9 Å². The van der Waals surface area contributed by atoms with Crippen molar-refractivity contribution in [3.63, 3.8) is 0 Å². The Balaban J connectivity index is 1.26. The van der Waals surface area contributed by atoms with E-state index < -0.39 is 5.60 Å². The van der Waals surface area contributed by atoms with E-state index in [9.17, 15) is 9.59 Å². The van der Waals surface area contributed by atoms with E-state index in [1.165, 1.54) is 5.56 Å². The van der Waals surface area contributed by atoms with Gasteiger partial charge in [0, 0.05) is 31.9 Å². The van der Waals surface area contributed by atoms with E-state index in [2.05, 4.69) is 32.5 Å². The third-order valence-corrected chi connectivity index (χ3v) is 6.29. The number of amides is 2. The Bertz CT molecular complexity index is 950. The van der Waals surface area contributed by atoms with Crippen LogP contribution in [-0.2, 0) is 9.53 Å². The molecule has 2 fully saturated rings. The lowest BCUT2D eigenvalue weighted by Crippen LogP contribution is -2.41. The SMILES string of the molecule is CC(C)(C)OC(=O)N1CCC(c2ccc(NC(=O)C3CCN(c4ccnnc4)C3)cc2)CC1. The van der Waals surface area contributed by atoms with Gasteiger partial charge in [0.2, 0.25) is 5.91 Å². The Morgan fingerprint density at radius 1 is 1.00 bits per heavy atom. The number of hydrogen-bond donors (Lipinski definition) is 1. The molecule has 1 aromatic carbocycles. The molecule has 2 aliphatic heterocycles. The molecule has 4 rings (SSSR count). The lowest BCUT2D eigenvalue weighted by atomic mass is 9.89. The number of anilines is 2. The van der Waals surface area contributed by atoms with Gasteiger partial charge in [0.05, 0.1) is 24.0 Å². The first kappa shape index (κ1) is 23.0.